The summed E-state index contributed by atoms with van der Waals surface area (Å²) in [6.07, 6.45) is 10.3. The third kappa shape index (κ3) is 3.14. The lowest BCUT2D eigenvalue weighted by Crippen LogP contribution is -2.65. The molecule has 0 aromatic heterocycles. The highest BCUT2D eigenvalue weighted by Crippen LogP contribution is 2.76. The average molecular weight is 497 g/mol. The highest BCUT2D eigenvalue weighted by Gasteiger charge is 2.69. The van der Waals surface area contributed by atoms with Gasteiger partial charge in [0.05, 0.1) is 5.41 Å². The minimum absolute atomic E-state index is 0.0227. The summed E-state index contributed by atoms with van der Waals surface area (Å²) in [5.74, 6) is 1.43. The van der Waals surface area contributed by atoms with Crippen LogP contribution in [0.2, 0.25) is 0 Å². The minimum Gasteiger partial charge on any atom is -0.481 e. The molecule has 4 saturated carbocycles. The summed E-state index contributed by atoms with van der Waals surface area (Å²) in [6, 6.07) is 0. The largest absolute Gasteiger partial charge is 0.481 e. The molecule has 4 nitrogen and oxygen atoms in total. The molecule has 5 aliphatic carbocycles. The van der Waals surface area contributed by atoms with E-state index in [0.717, 1.165) is 56.8 Å². The van der Waals surface area contributed by atoms with Crippen molar-refractivity contribution in [2.75, 3.05) is 0 Å². The maximum atomic E-state index is 13.2. The molecule has 5 aliphatic rings. The number of rotatable bonds is 4. The van der Waals surface area contributed by atoms with Gasteiger partial charge >= 0.3 is 5.97 Å². The van der Waals surface area contributed by atoms with Gasteiger partial charge in [0.25, 0.3) is 0 Å². The first-order chi connectivity index (χ1) is 16.7. The smallest absolute Gasteiger partial charge is 0.303 e. The van der Waals surface area contributed by atoms with E-state index in [0.29, 0.717) is 24.2 Å². The van der Waals surface area contributed by atoms with Crippen LogP contribution in [0.4, 0.5) is 0 Å². The number of carboxylic acid groups (broad SMARTS) is 1. The van der Waals surface area contributed by atoms with Crippen molar-refractivity contribution < 1.29 is 19.5 Å². The molecule has 0 spiro atoms. The highest BCUT2D eigenvalue weighted by molar-refractivity contribution is 6.03. The molecule has 0 aromatic rings. The fourth-order valence-corrected chi connectivity index (χ4v) is 11.4. The number of fused-ring (bicyclic) bond motifs is 7. The second-order valence-corrected chi connectivity index (χ2v) is 15.1. The molecule has 0 bridgehead atoms. The monoisotopic (exact) mass is 496 g/mol. The van der Waals surface area contributed by atoms with Gasteiger partial charge in [-0.3, -0.25) is 9.59 Å². The van der Waals surface area contributed by atoms with Crippen molar-refractivity contribution in [1.29, 1.82) is 0 Å². The van der Waals surface area contributed by atoms with E-state index in [9.17, 15) is 19.5 Å². The van der Waals surface area contributed by atoms with Gasteiger partial charge in [0.15, 0.2) is 5.78 Å². The lowest BCUT2D eigenvalue weighted by Gasteiger charge is -2.72. The second-order valence-electron chi connectivity index (χ2n) is 15.1. The number of hydrogen-bond donors (Lipinski definition) is 1. The quantitative estimate of drug-likeness (QED) is 0.416. The van der Waals surface area contributed by atoms with E-state index in [1.807, 2.05) is 0 Å². The summed E-state index contributed by atoms with van der Waals surface area (Å²) in [6.45, 7) is 16.6. The average Bonchev–Trinajstić information content (AvgIpc) is 3.09. The van der Waals surface area contributed by atoms with E-state index in [1.165, 1.54) is 12.0 Å². The zero-order valence-corrected chi connectivity index (χ0v) is 23.7. The van der Waals surface area contributed by atoms with Gasteiger partial charge in [-0.1, -0.05) is 48.5 Å². The number of hydrogen-bond acceptors (Lipinski definition) is 3. The van der Waals surface area contributed by atoms with E-state index in [1.54, 1.807) is 0 Å². The number of carbonyl (C=O) groups is 3. The van der Waals surface area contributed by atoms with E-state index in [2.05, 4.69) is 48.5 Å². The molecule has 36 heavy (non-hydrogen) atoms. The molecule has 0 aliphatic heterocycles. The molecule has 0 radical (unpaired) electrons. The van der Waals surface area contributed by atoms with Crippen molar-refractivity contribution in [2.45, 2.75) is 113 Å². The first-order valence-corrected chi connectivity index (χ1v) is 14.6. The van der Waals surface area contributed by atoms with Crippen LogP contribution in [0.3, 0.4) is 0 Å². The van der Waals surface area contributed by atoms with E-state index in [-0.39, 0.29) is 45.7 Å². The van der Waals surface area contributed by atoms with Crippen LogP contribution >= 0.6 is 0 Å². The van der Waals surface area contributed by atoms with E-state index >= 15 is 0 Å². The standard InChI is InChI=1S/C32H48O4/c1-19(2)26-22(34)17-32(18-33)15-14-30(6)21(27(26)32)8-9-24-29(5)12-10-20(16-25(35)36)28(3,4)23(29)11-13-31(24,30)7/h18-21,23-24H,8-17H2,1-7H3,(H,35,36)/t20-,21-,23+,24-,29+,30-,31-,32+/m1/s1. The predicted molar refractivity (Wildman–Crippen MR) is 141 cm³/mol. The summed E-state index contributed by atoms with van der Waals surface area (Å²) < 4.78 is 0. The van der Waals surface area contributed by atoms with Crippen molar-refractivity contribution in [3.05, 3.63) is 11.1 Å². The Labute approximate surface area is 218 Å². The molecule has 1 N–H and O–H groups in total. The number of carbonyl (C=O) groups excluding carboxylic acids is 2. The summed E-state index contributed by atoms with van der Waals surface area (Å²) in [5, 5.41) is 9.59. The maximum absolute atomic E-state index is 13.2. The van der Waals surface area contributed by atoms with Gasteiger partial charge in [-0.2, -0.15) is 0 Å². The molecule has 4 heteroatoms. The van der Waals surface area contributed by atoms with Crippen LogP contribution in [0.5, 0.6) is 0 Å². The molecule has 0 unspecified atom stereocenters. The Hall–Kier alpha value is -1.45. The molecule has 0 saturated heterocycles. The van der Waals surface area contributed by atoms with Gasteiger partial charge < -0.3 is 9.90 Å². The fraction of sp³-hybridized carbons (Fsp3) is 0.844. The fourth-order valence-electron chi connectivity index (χ4n) is 11.4. The first-order valence-electron chi connectivity index (χ1n) is 14.6. The summed E-state index contributed by atoms with van der Waals surface area (Å²) in [7, 11) is 0. The minimum atomic E-state index is -0.661. The Kier molecular flexibility index (Phi) is 5.83. The number of aldehydes is 1. The molecule has 0 heterocycles. The first kappa shape index (κ1) is 26.2. The third-order valence-corrected chi connectivity index (χ3v) is 13.4. The van der Waals surface area contributed by atoms with Gasteiger partial charge in [0, 0.05) is 12.8 Å². The molecular formula is C32H48O4. The van der Waals surface area contributed by atoms with Gasteiger partial charge in [-0.25, -0.2) is 0 Å². The zero-order chi connectivity index (χ0) is 26.5. The Morgan fingerprint density at radius 2 is 1.64 bits per heavy atom. The molecular weight excluding hydrogens is 448 g/mol. The topological polar surface area (TPSA) is 71.4 Å². The van der Waals surface area contributed by atoms with Crippen molar-refractivity contribution in [1.82, 2.24) is 0 Å². The number of Topliss-reactive ketones (excluding diaryl/α,β-unsaturated/α-hetero) is 1. The number of allylic oxidation sites excluding steroid dienone is 2. The maximum Gasteiger partial charge on any atom is 0.303 e. The summed E-state index contributed by atoms with van der Waals surface area (Å²) in [4.78, 5) is 37.5. The van der Waals surface area contributed by atoms with Crippen LogP contribution in [0.25, 0.3) is 0 Å². The Morgan fingerprint density at radius 1 is 0.944 bits per heavy atom. The molecule has 5 rings (SSSR count). The Balaban J connectivity index is 1.56. The van der Waals surface area contributed by atoms with Gasteiger partial charge in [-0.05, 0) is 114 Å². The Morgan fingerprint density at radius 3 is 2.25 bits per heavy atom. The van der Waals surface area contributed by atoms with Crippen LogP contribution in [-0.2, 0) is 14.4 Å². The van der Waals surface area contributed by atoms with Gasteiger partial charge in [0.1, 0.15) is 6.29 Å². The third-order valence-electron chi connectivity index (χ3n) is 13.4. The molecule has 0 aromatic carbocycles. The lowest BCUT2D eigenvalue weighted by atomic mass is 9.32. The molecule has 8 atom stereocenters. The number of carboxylic acids is 1. The van der Waals surface area contributed by atoms with Crippen molar-refractivity contribution >= 4 is 18.0 Å². The van der Waals surface area contributed by atoms with Crippen LogP contribution in [-0.4, -0.2) is 23.1 Å². The predicted octanol–water partition coefficient (Wildman–Crippen LogP) is 7.26. The van der Waals surface area contributed by atoms with Crippen molar-refractivity contribution in [2.24, 2.45) is 56.7 Å². The van der Waals surface area contributed by atoms with Crippen LogP contribution in [0.1, 0.15) is 113 Å². The lowest BCUT2D eigenvalue weighted by molar-refractivity contribution is -0.221. The SMILES string of the molecule is CC(C)C1=C2[C@H]3CC[C@@H]4[C@@]5(C)CC[C@H](CC(=O)O)C(C)(C)[C@@H]5CC[C@@]4(C)[C@]3(C)CC[C@@]2(C=O)CC1=O. The molecule has 4 fully saturated rings. The summed E-state index contributed by atoms with van der Waals surface area (Å²) in [5.41, 5.74) is 2.14. The normalized spacial score (nSPS) is 47.6. The van der Waals surface area contributed by atoms with Crippen LogP contribution in [0.15, 0.2) is 11.1 Å². The van der Waals surface area contributed by atoms with Gasteiger partial charge in [0.2, 0.25) is 0 Å². The molecule has 0 amide bonds. The highest BCUT2D eigenvalue weighted by atomic mass is 16.4. The van der Waals surface area contributed by atoms with Crippen LogP contribution in [0, 0.1) is 56.7 Å². The number of ketones is 1. The van der Waals surface area contributed by atoms with Gasteiger partial charge in [-0.15, -0.1) is 0 Å². The van der Waals surface area contributed by atoms with E-state index < -0.39 is 11.4 Å². The van der Waals surface area contributed by atoms with Crippen LogP contribution < -0.4 is 0 Å². The number of aliphatic carboxylic acids is 1. The second kappa shape index (κ2) is 8.03. The van der Waals surface area contributed by atoms with E-state index in [4.69, 9.17) is 0 Å². The van der Waals surface area contributed by atoms with Crippen molar-refractivity contribution in [3.8, 4) is 0 Å². The van der Waals surface area contributed by atoms with Crippen molar-refractivity contribution in [3.63, 3.8) is 0 Å². The Bertz CT molecular complexity index is 1020. The molecule has 200 valence electrons. The summed E-state index contributed by atoms with van der Waals surface area (Å²) >= 11 is 0. The zero-order valence-electron chi connectivity index (χ0n) is 23.7.